The van der Waals surface area contributed by atoms with Crippen molar-refractivity contribution >= 4 is 0 Å². The highest BCUT2D eigenvalue weighted by Gasteiger charge is 2.11. The number of imidazole rings is 1. The van der Waals surface area contributed by atoms with Gasteiger partial charge in [0.05, 0.1) is 0 Å². The molecule has 2 rings (SSSR count). The number of nitrogens with two attached hydrogens (primary N) is 1. The summed E-state index contributed by atoms with van der Waals surface area (Å²) in [5.74, 6) is 1.10. The first kappa shape index (κ1) is 14.8. The molecule has 0 bridgehead atoms. The number of benzene rings is 1. The van der Waals surface area contributed by atoms with Gasteiger partial charge in [0.15, 0.2) is 0 Å². The van der Waals surface area contributed by atoms with Gasteiger partial charge in [-0.25, -0.2) is 4.98 Å². The van der Waals surface area contributed by atoms with Crippen LogP contribution in [-0.2, 0) is 19.4 Å². The Kier molecular flexibility index (Phi) is 4.96. The summed E-state index contributed by atoms with van der Waals surface area (Å²) < 4.78 is 2.21. The van der Waals surface area contributed by atoms with Crippen molar-refractivity contribution in [3.8, 4) is 0 Å². The van der Waals surface area contributed by atoms with Gasteiger partial charge in [0.1, 0.15) is 5.82 Å². The minimum atomic E-state index is 0.119. The van der Waals surface area contributed by atoms with Crippen LogP contribution in [0.15, 0.2) is 30.6 Å². The molecule has 0 radical (unpaired) electrons. The van der Waals surface area contributed by atoms with Crippen LogP contribution >= 0.6 is 0 Å². The highest BCUT2D eigenvalue weighted by molar-refractivity contribution is 5.31. The van der Waals surface area contributed by atoms with Crippen LogP contribution in [0.1, 0.15) is 35.9 Å². The predicted octanol–water partition coefficient (Wildman–Crippen LogP) is 3.02. The van der Waals surface area contributed by atoms with E-state index in [1.54, 1.807) is 0 Å². The fourth-order valence-corrected chi connectivity index (χ4v) is 2.58. The average Bonchev–Trinajstić information content (AvgIpc) is 2.82. The smallest absolute Gasteiger partial charge is 0.110 e. The number of nitrogens with zero attached hydrogens (tertiary/aromatic N) is 2. The van der Waals surface area contributed by atoms with Crippen molar-refractivity contribution in [1.82, 2.24) is 9.55 Å². The third-order valence-electron chi connectivity index (χ3n) is 3.70. The normalized spacial score (nSPS) is 12.6. The highest BCUT2D eigenvalue weighted by atomic mass is 15.1. The standard InChI is InChI=1S/C17H25N3/c1-4-8-20-9-7-19-17(20)12-16(18)11-15-10-13(2)5-6-14(15)3/h5-7,9-10,16H,4,8,11-12,18H2,1-3H3. The second-order valence-corrected chi connectivity index (χ2v) is 5.64. The Bertz CT molecular complexity index is 557. The molecular formula is C17H25N3. The third kappa shape index (κ3) is 3.70. The van der Waals surface area contributed by atoms with Crippen LogP contribution in [-0.4, -0.2) is 15.6 Å². The molecule has 3 nitrogen and oxygen atoms in total. The molecule has 20 heavy (non-hydrogen) atoms. The molecule has 1 atom stereocenters. The van der Waals surface area contributed by atoms with Crippen molar-refractivity contribution in [2.75, 3.05) is 0 Å². The lowest BCUT2D eigenvalue weighted by atomic mass is 9.98. The van der Waals surface area contributed by atoms with Gasteiger partial charge in [-0.3, -0.25) is 0 Å². The first-order valence-corrected chi connectivity index (χ1v) is 7.42. The van der Waals surface area contributed by atoms with Crippen molar-refractivity contribution < 1.29 is 0 Å². The molecule has 0 amide bonds. The summed E-state index contributed by atoms with van der Waals surface area (Å²) in [6.45, 7) is 7.48. The van der Waals surface area contributed by atoms with Crippen molar-refractivity contribution in [1.29, 1.82) is 0 Å². The molecule has 1 heterocycles. The van der Waals surface area contributed by atoms with Gasteiger partial charge < -0.3 is 10.3 Å². The minimum absolute atomic E-state index is 0.119. The second-order valence-electron chi connectivity index (χ2n) is 5.64. The Balaban J connectivity index is 2.03. The number of aromatic nitrogens is 2. The number of rotatable bonds is 6. The summed E-state index contributed by atoms with van der Waals surface area (Å²) in [7, 11) is 0. The molecule has 108 valence electrons. The Morgan fingerprint density at radius 2 is 2.05 bits per heavy atom. The summed E-state index contributed by atoms with van der Waals surface area (Å²) in [4.78, 5) is 4.44. The van der Waals surface area contributed by atoms with E-state index in [-0.39, 0.29) is 6.04 Å². The van der Waals surface area contributed by atoms with Gasteiger partial charge in [-0.2, -0.15) is 0 Å². The minimum Gasteiger partial charge on any atom is -0.335 e. The topological polar surface area (TPSA) is 43.8 Å². The Morgan fingerprint density at radius 1 is 1.25 bits per heavy atom. The van der Waals surface area contributed by atoms with Gasteiger partial charge >= 0.3 is 0 Å². The van der Waals surface area contributed by atoms with E-state index in [9.17, 15) is 0 Å². The van der Waals surface area contributed by atoms with Crippen LogP contribution in [0.4, 0.5) is 0 Å². The van der Waals surface area contributed by atoms with Gasteiger partial charge in [0, 0.05) is 31.4 Å². The lowest BCUT2D eigenvalue weighted by Crippen LogP contribution is -2.27. The molecule has 3 heteroatoms. The average molecular weight is 271 g/mol. The van der Waals surface area contributed by atoms with Crippen molar-refractivity contribution in [3.63, 3.8) is 0 Å². The van der Waals surface area contributed by atoms with Crippen LogP contribution < -0.4 is 5.73 Å². The van der Waals surface area contributed by atoms with Crippen LogP contribution in [0.5, 0.6) is 0 Å². The monoisotopic (exact) mass is 271 g/mol. The zero-order chi connectivity index (χ0) is 14.5. The van der Waals surface area contributed by atoms with E-state index in [0.717, 1.165) is 31.6 Å². The van der Waals surface area contributed by atoms with Gasteiger partial charge in [-0.05, 0) is 37.8 Å². The zero-order valence-corrected chi connectivity index (χ0v) is 12.8. The van der Waals surface area contributed by atoms with E-state index in [1.165, 1.54) is 16.7 Å². The first-order valence-electron chi connectivity index (χ1n) is 7.42. The SMILES string of the molecule is CCCn1ccnc1CC(N)Cc1cc(C)ccc1C. The third-order valence-corrected chi connectivity index (χ3v) is 3.70. The lowest BCUT2D eigenvalue weighted by molar-refractivity contribution is 0.581. The molecular weight excluding hydrogens is 246 g/mol. The molecule has 0 aliphatic heterocycles. The molecule has 0 spiro atoms. The van der Waals surface area contributed by atoms with Crippen molar-refractivity contribution in [2.45, 2.75) is 52.6 Å². The molecule has 0 saturated heterocycles. The van der Waals surface area contributed by atoms with E-state index in [0.29, 0.717) is 0 Å². The van der Waals surface area contributed by atoms with Gasteiger partial charge in [-0.1, -0.05) is 30.7 Å². The van der Waals surface area contributed by atoms with Crippen LogP contribution in [0.25, 0.3) is 0 Å². The molecule has 0 aliphatic rings. The summed E-state index contributed by atoms with van der Waals surface area (Å²) in [6.07, 6.45) is 6.78. The molecule has 0 aliphatic carbocycles. The molecule has 0 saturated carbocycles. The fourth-order valence-electron chi connectivity index (χ4n) is 2.58. The molecule has 1 aromatic carbocycles. The predicted molar refractivity (Wildman–Crippen MR) is 83.8 cm³/mol. The molecule has 2 N–H and O–H groups in total. The molecule has 1 aromatic heterocycles. The summed E-state index contributed by atoms with van der Waals surface area (Å²) >= 11 is 0. The van der Waals surface area contributed by atoms with Crippen LogP contribution in [0.2, 0.25) is 0 Å². The molecule has 2 aromatic rings. The second kappa shape index (κ2) is 6.71. The fraction of sp³-hybridized carbons (Fsp3) is 0.471. The number of hydrogen-bond acceptors (Lipinski definition) is 2. The van der Waals surface area contributed by atoms with Gasteiger partial charge in [0.25, 0.3) is 0 Å². The Hall–Kier alpha value is -1.61. The summed E-state index contributed by atoms with van der Waals surface area (Å²) in [5, 5.41) is 0. The quantitative estimate of drug-likeness (QED) is 0.877. The molecule has 0 fully saturated rings. The molecule has 1 unspecified atom stereocenters. The zero-order valence-electron chi connectivity index (χ0n) is 12.8. The maximum atomic E-state index is 6.33. The van der Waals surface area contributed by atoms with E-state index in [1.807, 2.05) is 12.4 Å². The maximum absolute atomic E-state index is 6.33. The lowest BCUT2D eigenvalue weighted by Gasteiger charge is -2.15. The Labute approximate surface area is 121 Å². The van der Waals surface area contributed by atoms with Gasteiger partial charge in [0.2, 0.25) is 0 Å². The van der Waals surface area contributed by atoms with Gasteiger partial charge in [-0.15, -0.1) is 0 Å². The van der Waals surface area contributed by atoms with E-state index < -0.39 is 0 Å². The van der Waals surface area contributed by atoms with E-state index in [2.05, 4.69) is 48.5 Å². The summed E-state index contributed by atoms with van der Waals surface area (Å²) in [6, 6.07) is 6.69. The number of aryl methyl sites for hydroxylation is 3. The number of hydrogen-bond donors (Lipinski definition) is 1. The first-order chi connectivity index (χ1) is 9.60. The van der Waals surface area contributed by atoms with Crippen molar-refractivity contribution in [2.24, 2.45) is 5.73 Å². The van der Waals surface area contributed by atoms with Crippen molar-refractivity contribution in [3.05, 3.63) is 53.1 Å². The Morgan fingerprint density at radius 3 is 2.80 bits per heavy atom. The van der Waals surface area contributed by atoms with Crippen LogP contribution in [0.3, 0.4) is 0 Å². The van der Waals surface area contributed by atoms with Crippen LogP contribution in [0, 0.1) is 13.8 Å². The largest absolute Gasteiger partial charge is 0.335 e. The maximum Gasteiger partial charge on any atom is 0.110 e. The highest BCUT2D eigenvalue weighted by Crippen LogP contribution is 2.14. The van der Waals surface area contributed by atoms with E-state index in [4.69, 9.17) is 5.73 Å². The summed E-state index contributed by atoms with van der Waals surface area (Å²) in [5.41, 5.74) is 10.3. The van der Waals surface area contributed by atoms with E-state index >= 15 is 0 Å².